The van der Waals surface area contributed by atoms with Gasteiger partial charge in [0.2, 0.25) is 11.7 Å². The van der Waals surface area contributed by atoms with Gasteiger partial charge in [-0.05, 0) is 50.2 Å². The van der Waals surface area contributed by atoms with Crippen LogP contribution in [0.2, 0.25) is 5.02 Å². The average Bonchev–Trinajstić information content (AvgIpc) is 3.20. The van der Waals surface area contributed by atoms with Gasteiger partial charge in [0, 0.05) is 28.3 Å². The van der Waals surface area contributed by atoms with Gasteiger partial charge < -0.3 is 18.9 Å². The molecule has 0 aliphatic rings. The summed E-state index contributed by atoms with van der Waals surface area (Å²) in [4.78, 5) is 19.2. The molecule has 2 aromatic carbocycles. The zero-order valence-electron chi connectivity index (χ0n) is 16.7. The minimum Gasteiger partial charge on any atom is -0.497 e. The van der Waals surface area contributed by atoms with Crippen molar-refractivity contribution in [2.24, 2.45) is 0 Å². The monoisotopic (exact) mass is 415 g/mol. The number of ether oxygens (including phenoxy) is 2. The predicted octanol–water partition coefficient (Wildman–Crippen LogP) is 4.46. The predicted molar refractivity (Wildman–Crippen MR) is 109 cm³/mol. The van der Waals surface area contributed by atoms with Gasteiger partial charge in [-0.15, -0.1) is 0 Å². The Bertz CT molecular complexity index is 964. The summed E-state index contributed by atoms with van der Waals surface area (Å²) < 4.78 is 15.9. The molecule has 0 radical (unpaired) electrons. The fourth-order valence-electron chi connectivity index (χ4n) is 2.77. The number of rotatable bonds is 7. The normalized spacial score (nSPS) is 10.8. The number of amides is 1. The lowest BCUT2D eigenvalue weighted by Crippen LogP contribution is -2.36. The van der Waals surface area contributed by atoms with E-state index in [1.54, 1.807) is 49.5 Å². The Balaban J connectivity index is 1.84. The van der Waals surface area contributed by atoms with Gasteiger partial charge in [-0.1, -0.05) is 16.8 Å². The van der Waals surface area contributed by atoms with Gasteiger partial charge in [-0.2, -0.15) is 4.98 Å². The van der Waals surface area contributed by atoms with Crippen LogP contribution in [0.4, 0.5) is 0 Å². The van der Waals surface area contributed by atoms with Gasteiger partial charge in [0.1, 0.15) is 18.0 Å². The van der Waals surface area contributed by atoms with Crippen molar-refractivity contribution >= 4 is 17.5 Å². The summed E-state index contributed by atoms with van der Waals surface area (Å²) in [6.07, 6.45) is 0. The molecule has 1 heterocycles. The first kappa shape index (κ1) is 20.7. The van der Waals surface area contributed by atoms with Crippen LogP contribution in [0.15, 0.2) is 47.0 Å². The van der Waals surface area contributed by atoms with Crippen LogP contribution in [0.3, 0.4) is 0 Å². The molecule has 29 heavy (non-hydrogen) atoms. The summed E-state index contributed by atoms with van der Waals surface area (Å²) in [7, 11) is 3.08. The highest BCUT2D eigenvalue weighted by molar-refractivity contribution is 6.30. The molecule has 1 amide bonds. The van der Waals surface area contributed by atoms with Crippen molar-refractivity contribution < 1.29 is 18.8 Å². The maximum absolute atomic E-state index is 13.2. The van der Waals surface area contributed by atoms with Crippen molar-refractivity contribution in [1.82, 2.24) is 15.0 Å². The summed E-state index contributed by atoms with van der Waals surface area (Å²) in [6, 6.07) is 12.1. The quantitative estimate of drug-likeness (QED) is 0.567. The molecule has 0 saturated carbocycles. The Morgan fingerprint density at radius 1 is 1.10 bits per heavy atom. The Labute approximate surface area is 174 Å². The van der Waals surface area contributed by atoms with Crippen LogP contribution in [0.5, 0.6) is 11.5 Å². The smallest absolute Gasteiger partial charge is 0.254 e. The van der Waals surface area contributed by atoms with Gasteiger partial charge >= 0.3 is 0 Å². The Morgan fingerprint density at radius 2 is 1.72 bits per heavy atom. The largest absolute Gasteiger partial charge is 0.497 e. The van der Waals surface area contributed by atoms with Crippen molar-refractivity contribution in [2.45, 2.75) is 26.4 Å². The van der Waals surface area contributed by atoms with Crippen LogP contribution in [-0.2, 0) is 6.54 Å². The molecule has 0 aliphatic heterocycles. The lowest BCUT2D eigenvalue weighted by molar-refractivity contribution is 0.0666. The Morgan fingerprint density at radius 3 is 2.28 bits per heavy atom. The van der Waals surface area contributed by atoms with Crippen LogP contribution >= 0.6 is 11.6 Å². The van der Waals surface area contributed by atoms with E-state index in [2.05, 4.69) is 10.1 Å². The number of methoxy groups -OCH3 is 2. The van der Waals surface area contributed by atoms with E-state index in [1.165, 1.54) is 0 Å². The molecule has 0 saturated heterocycles. The third-order valence-electron chi connectivity index (χ3n) is 4.36. The third kappa shape index (κ3) is 4.86. The summed E-state index contributed by atoms with van der Waals surface area (Å²) in [5.74, 6) is 1.67. The second kappa shape index (κ2) is 8.96. The number of nitrogens with zero attached hydrogens (tertiary/aromatic N) is 3. The first-order chi connectivity index (χ1) is 13.9. The van der Waals surface area contributed by atoms with Crippen molar-refractivity contribution in [3.63, 3.8) is 0 Å². The maximum atomic E-state index is 13.2. The molecule has 0 unspecified atom stereocenters. The van der Waals surface area contributed by atoms with Crippen LogP contribution < -0.4 is 9.47 Å². The summed E-state index contributed by atoms with van der Waals surface area (Å²) in [6.45, 7) is 4.02. The number of aromatic nitrogens is 2. The van der Waals surface area contributed by atoms with E-state index in [0.29, 0.717) is 33.8 Å². The number of hydrogen-bond donors (Lipinski definition) is 0. The van der Waals surface area contributed by atoms with Crippen LogP contribution in [-0.4, -0.2) is 41.2 Å². The second-order valence-corrected chi connectivity index (χ2v) is 7.08. The van der Waals surface area contributed by atoms with E-state index in [4.69, 9.17) is 25.6 Å². The highest BCUT2D eigenvalue weighted by atomic mass is 35.5. The van der Waals surface area contributed by atoms with E-state index in [-0.39, 0.29) is 18.5 Å². The first-order valence-electron chi connectivity index (χ1n) is 9.04. The fourth-order valence-corrected chi connectivity index (χ4v) is 2.89. The molecular formula is C21H22ClN3O4. The highest BCUT2D eigenvalue weighted by Gasteiger charge is 2.23. The summed E-state index contributed by atoms with van der Waals surface area (Å²) in [5, 5.41) is 4.64. The fraction of sp³-hybridized carbons (Fsp3) is 0.286. The van der Waals surface area contributed by atoms with Gasteiger partial charge in [0.25, 0.3) is 5.91 Å². The molecule has 3 aromatic rings. The third-order valence-corrected chi connectivity index (χ3v) is 4.61. The van der Waals surface area contributed by atoms with E-state index in [0.717, 1.165) is 5.56 Å². The van der Waals surface area contributed by atoms with E-state index >= 15 is 0 Å². The standard InChI is InChI=1S/C21H22ClN3O4/c1-13(2)25(21(26)15-9-17(27-3)11-18(10-15)28-4)12-19-23-20(24-29-19)14-5-7-16(22)8-6-14/h5-11,13H,12H2,1-4H3. The zero-order chi connectivity index (χ0) is 21.0. The Kier molecular flexibility index (Phi) is 6.39. The van der Waals surface area contributed by atoms with Gasteiger partial charge in [0.15, 0.2) is 0 Å². The number of benzene rings is 2. The van der Waals surface area contributed by atoms with Gasteiger partial charge in [0.05, 0.1) is 14.2 Å². The van der Waals surface area contributed by atoms with Crippen molar-refractivity contribution in [1.29, 1.82) is 0 Å². The van der Waals surface area contributed by atoms with Crippen molar-refractivity contribution in [3.05, 3.63) is 58.9 Å². The van der Waals surface area contributed by atoms with Crippen molar-refractivity contribution in [2.75, 3.05) is 14.2 Å². The van der Waals surface area contributed by atoms with Gasteiger partial charge in [-0.3, -0.25) is 4.79 Å². The van der Waals surface area contributed by atoms with Crippen LogP contribution in [0, 0.1) is 0 Å². The molecule has 152 valence electrons. The molecular weight excluding hydrogens is 394 g/mol. The minimum atomic E-state index is -0.191. The highest BCUT2D eigenvalue weighted by Crippen LogP contribution is 2.25. The van der Waals surface area contributed by atoms with Gasteiger partial charge in [-0.25, -0.2) is 0 Å². The number of hydrogen-bond acceptors (Lipinski definition) is 6. The summed E-state index contributed by atoms with van der Waals surface area (Å²) >= 11 is 5.92. The lowest BCUT2D eigenvalue weighted by atomic mass is 10.1. The van der Waals surface area contributed by atoms with E-state index in [1.807, 2.05) is 26.0 Å². The maximum Gasteiger partial charge on any atom is 0.254 e. The summed E-state index contributed by atoms with van der Waals surface area (Å²) in [5.41, 5.74) is 1.23. The molecule has 7 nitrogen and oxygen atoms in total. The molecule has 0 aliphatic carbocycles. The topological polar surface area (TPSA) is 77.7 Å². The number of halogens is 1. The molecule has 3 rings (SSSR count). The second-order valence-electron chi connectivity index (χ2n) is 6.65. The minimum absolute atomic E-state index is 0.0921. The molecule has 0 bridgehead atoms. The van der Waals surface area contributed by atoms with Crippen LogP contribution in [0.1, 0.15) is 30.1 Å². The average molecular weight is 416 g/mol. The van der Waals surface area contributed by atoms with Crippen molar-refractivity contribution in [3.8, 4) is 22.9 Å². The van der Waals surface area contributed by atoms with E-state index in [9.17, 15) is 4.79 Å². The first-order valence-corrected chi connectivity index (χ1v) is 9.41. The Hall–Kier alpha value is -3.06. The SMILES string of the molecule is COc1cc(OC)cc(C(=O)N(Cc2nc(-c3ccc(Cl)cc3)no2)C(C)C)c1. The number of carbonyl (C=O) groups excluding carboxylic acids is 1. The lowest BCUT2D eigenvalue weighted by Gasteiger charge is -2.25. The molecule has 8 heteroatoms. The molecule has 0 N–H and O–H groups in total. The molecule has 1 aromatic heterocycles. The molecule has 0 fully saturated rings. The number of carbonyl (C=O) groups is 1. The molecule has 0 atom stereocenters. The zero-order valence-corrected chi connectivity index (χ0v) is 17.4. The molecule has 0 spiro atoms. The van der Waals surface area contributed by atoms with Crippen LogP contribution in [0.25, 0.3) is 11.4 Å². The van der Waals surface area contributed by atoms with E-state index < -0.39 is 0 Å².